The van der Waals surface area contributed by atoms with Crippen LogP contribution >= 0.6 is 0 Å². The molecule has 0 aromatic heterocycles. The van der Waals surface area contributed by atoms with Crippen LogP contribution in [0.15, 0.2) is 12.2 Å². The van der Waals surface area contributed by atoms with Crippen molar-refractivity contribution < 1.29 is 4.74 Å². The average molecular weight is 164 g/mol. The summed E-state index contributed by atoms with van der Waals surface area (Å²) >= 11 is 0. The molecule has 1 aliphatic heterocycles. The van der Waals surface area contributed by atoms with Crippen molar-refractivity contribution in [2.75, 3.05) is 0 Å². The maximum absolute atomic E-state index is 5.96. The predicted molar refractivity (Wildman–Crippen MR) is 47.9 cm³/mol. The zero-order valence-corrected chi connectivity index (χ0v) is 7.41. The summed E-state index contributed by atoms with van der Waals surface area (Å²) < 4.78 is 5.96. The summed E-state index contributed by atoms with van der Waals surface area (Å²) in [4.78, 5) is 0. The van der Waals surface area contributed by atoms with Gasteiger partial charge in [-0.05, 0) is 25.2 Å². The van der Waals surface area contributed by atoms with E-state index in [1.165, 1.54) is 32.1 Å². The molecule has 1 heteroatoms. The normalized spacial score (nSPS) is 46.2. The van der Waals surface area contributed by atoms with E-state index in [0.717, 1.165) is 11.8 Å². The summed E-state index contributed by atoms with van der Waals surface area (Å²) in [5.74, 6) is 1.67. The molecule has 66 valence electrons. The molecule has 0 N–H and O–H groups in total. The number of hydrogen-bond donors (Lipinski definition) is 0. The van der Waals surface area contributed by atoms with E-state index in [-0.39, 0.29) is 0 Å². The van der Waals surface area contributed by atoms with Gasteiger partial charge in [-0.15, -0.1) is 0 Å². The second kappa shape index (κ2) is 2.59. The van der Waals surface area contributed by atoms with E-state index in [1.54, 1.807) is 0 Å². The van der Waals surface area contributed by atoms with Crippen LogP contribution in [0.2, 0.25) is 0 Å². The molecular weight excluding hydrogens is 148 g/mol. The molecular formula is C11H16O. The van der Waals surface area contributed by atoms with E-state index in [2.05, 4.69) is 12.2 Å². The fraction of sp³-hybridized carbons (Fsp3) is 0.818. The molecule has 3 atom stereocenters. The first kappa shape index (κ1) is 7.14. The minimum atomic E-state index is 0.487. The molecule has 2 bridgehead atoms. The van der Waals surface area contributed by atoms with Crippen molar-refractivity contribution in [2.24, 2.45) is 11.8 Å². The van der Waals surface area contributed by atoms with Crippen molar-refractivity contribution >= 4 is 0 Å². The quantitative estimate of drug-likeness (QED) is 0.541. The van der Waals surface area contributed by atoms with E-state index >= 15 is 0 Å². The van der Waals surface area contributed by atoms with E-state index in [1.807, 2.05) is 0 Å². The van der Waals surface area contributed by atoms with Crippen LogP contribution in [-0.2, 0) is 4.74 Å². The van der Waals surface area contributed by atoms with Gasteiger partial charge in [-0.25, -0.2) is 0 Å². The van der Waals surface area contributed by atoms with E-state index in [4.69, 9.17) is 4.74 Å². The number of fused-ring (bicyclic) bond motifs is 2. The summed E-state index contributed by atoms with van der Waals surface area (Å²) in [6.45, 7) is 0. The fourth-order valence-corrected chi connectivity index (χ4v) is 3.09. The van der Waals surface area contributed by atoms with Crippen molar-refractivity contribution in [1.29, 1.82) is 0 Å². The van der Waals surface area contributed by atoms with Crippen LogP contribution in [0.5, 0.6) is 0 Å². The van der Waals surface area contributed by atoms with Crippen molar-refractivity contribution in [2.45, 2.75) is 44.3 Å². The lowest BCUT2D eigenvalue weighted by Crippen LogP contribution is -2.25. The van der Waals surface area contributed by atoms with Crippen LogP contribution in [0, 0.1) is 11.8 Å². The lowest BCUT2D eigenvalue weighted by Gasteiger charge is -2.24. The van der Waals surface area contributed by atoms with Gasteiger partial charge in [-0.2, -0.15) is 0 Å². The van der Waals surface area contributed by atoms with E-state index in [0.29, 0.717) is 12.2 Å². The van der Waals surface area contributed by atoms with E-state index in [9.17, 15) is 0 Å². The zero-order chi connectivity index (χ0) is 7.97. The van der Waals surface area contributed by atoms with Gasteiger partial charge in [0.05, 0.1) is 12.2 Å². The standard InChI is InChI=1S/C11H16O/c1-2-4-8(3-1)11-9-5-6-10(7-9)12-11/h5-6,8-11H,1-4,7H2. The molecule has 3 rings (SSSR count). The lowest BCUT2D eigenvalue weighted by atomic mass is 9.91. The van der Waals surface area contributed by atoms with Gasteiger partial charge in [0.1, 0.15) is 0 Å². The second-order valence-electron chi connectivity index (χ2n) is 4.47. The summed E-state index contributed by atoms with van der Waals surface area (Å²) in [7, 11) is 0. The summed E-state index contributed by atoms with van der Waals surface area (Å²) in [5, 5.41) is 0. The highest BCUT2D eigenvalue weighted by Crippen LogP contribution is 2.42. The van der Waals surface area contributed by atoms with Crippen LogP contribution in [0.1, 0.15) is 32.1 Å². The van der Waals surface area contributed by atoms with E-state index < -0.39 is 0 Å². The average Bonchev–Trinajstić information content (AvgIpc) is 2.81. The Labute approximate surface area is 73.8 Å². The summed E-state index contributed by atoms with van der Waals surface area (Å²) in [5.41, 5.74) is 0. The summed E-state index contributed by atoms with van der Waals surface area (Å²) in [6, 6.07) is 0. The largest absolute Gasteiger partial charge is 0.370 e. The Morgan fingerprint density at radius 3 is 2.50 bits per heavy atom. The third-order valence-corrected chi connectivity index (χ3v) is 3.70. The van der Waals surface area contributed by atoms with Gasteiger partial charge in [0.2, 0.25) is 0 Å². The Morgan fingerprint density at radius 2 is 1.92 bits per heavy atom. The van der Waals surface area contributed by atoms with Crippen molar-refractivity contribution in [3.8, 4) is 0 Å². The number of ether oxygens (including phenoxy) is 1. The Kier molecular flexibility index (Phi) is 1.54. The van der Waals surface area contributed by atoms with Crippen molar-refractivity contribution in [1.82, 2.24) is 0 Å². The highest BCUT2D eigenvalue weighted by Gasteiger charge is 2.41. The highest BCUT2D eigenvalue weighted by atomic mass is 16.5. The van der Waals surface area contributed by atoms with Crippen LogP contribution in [-0.4, -0.2) is 12.2 Å². The lowest BCUT2D eigenvalue weighted by molar-refractivity contribution is 0.0165. The molecule has 0 spiro atoms. The Bertz CT molecular complexity index is 203. The number of hydrogen-bond acceptors (Lipinski definition) is 1. The SMILES string of the molecule is C1=CC2CC1OC2C1CCCC1. The highest BCUT2D eigenvalue weighted by molar-refractivity contribution is 5.11. The van der Waals surface area contributed by atoms with Crippen molar-refractivity contribution in [3.05, 3.63) is 12.2 Å². The topological polar surface area (TPSA) is 9.23 Å². The molecule has 0 aromatic rings. The van der Waals surface area contributed by atoms with Gasteiger partial charge < -0.3 is 4.74 Å². The molecule has 2 aliphatic carbocycles. The minimum Gasteiger partial charge on any atom is -0.370 e. The molecule has 2 fully saturated rings. The Balaban J connectivity index is 1.74. The monoisotopic (exact) mass is 164 g/mol. The van der Waals surface area contributed by atoms with Gasteiger partial charge in [0.25, 0.3) is 0 Å². The predicted octanol–water partition coefficient (Wildman–Crippen LogP) is 2.52. The van der Waals surface area contributed by atoms with Gasteiger partial charge in [-0.1, -0.05) is 25.0 Å². The van der Waals surface area contributed by atoms with Gasteiger partial charge in [-0.3, -0.25) is 0 Å². The van der Waals surface area contributed by atoms with Gasteiger partial charge in [0.15, 0.2) is 0 Å². The van der Waals surface area contributed by atoms with Crippen LogP contribution in [0.3, 0.4) is 0 Å². The Hall–Kier alpha value is -0.300. The smallest absolute Gasteiger partial charge is 0.0766 e. The first-order valence-corrected chi connectivity index (χ1v) is 5.27. The van der Waals surface area contributed by atoms with Gasteiger partial charge in [0, 0.05) is 5.92 Å². The first-order chi connectivity index (χ1) is 5.93. The number of rotatable bonds is 1. The third kappa shape index (κ3) is 0.957. The maximum Gasteiger partial charge on any atom is 0.0766 e. The minimum absolute atomic E-state index is 0.487. The molecule has 3 aliphatic rings. The first-order valence-electron chi connectivity index (χ1n) is 5.27. The molecule has 1 saturated heterocycles. The van der Waals surface area contributed by atoms with Crippen LogP contribution in [0.25, 0.3) is 0 Å². The second-order valence-corrected chi connectivity index (χ2v) is 4.47. The molecule has 0 amide bonds. The van der Waals surface area contributed by atoms with Crippen LogP contribution < -0.4 is 0 Å². The molecule has 3 unspecified atom stereocenters. The van der Waals surface area contributed by atoms with Crippen molar-refractivity contribution in [3.63, 3.8) is 0 Å². The molecule has 1 heterocycles. The summed E-state index contributed by atoms with van der Waals surface area (Å²) in [6.07, 6.45) is 12.7. The van der Waals surface area contributed by atoms with Gasteiger partial charge >= 0.3 is 0 Å². The molecule has 1 nitrogen and oxygen atoms in total. The molecule has 12 heavy (non-hydrogen) atoms. The zero-order valence-electron chi connectivity index (χ0n) is 7.41. The third-order valence-electron chi connectivity index (χ3n) is 3.70. The van der Waals surface area contributed by atoms with Crippen LogP contribution in [0.4, 0.5) is 0 Å². The fourth-order valence-electron chi connectivity index (χ4n) is 3.09. The molecule has 1 saturated carbocycles. The molecule has 0 radical (unpaired) electrons. The maximum atomic E-state index is 5.96. The molecule has 0 aromatic carbocycles. The Morgan fingerprint density at radius 1 is 1.08 bits per heavy atom.